The van der Waals surface area contributed by atoms with Gasteiger partial charge in [0.2, 0.25) is 0 Å². The monoisotopic (exact) mass is 259 g/mol. The van der Waals surface area contributed by atoms with Crippen LogP contribution in [-0.2, 0) is 4.74 Å². The Hall–Kier alpha value is -0.450. The van der Waals surface area contributed by atoms with Crippen molar-refractivity contribution in [1.29, 1.82) is 0 Å². The summed E-state index contributed by atoms with van der Waals surface area (Å²) in [6, 6.07) is 5.01. The number of nitrogens with one attached hydrogen (secondary N) is 1. The van der Waals surface area contributed by atoms with Gasteiger partial charge in [0.25, 0.3) is 0 Å². The lowest BCUT2D eigenvalue weighted by molar-refractivity contribution is 0.0768. The van der Waals surface area contributed by atoms with Gasteiger partial charge in [0.1, 0.15) is 5.82 Å². The van der Waals surface area contributed by atoms with Crippen molar-refractivity contribution in [2.75, 3.05) is 19.8 Å². The highest BCUT2D eigenvalue weighted by atomic mass is 79.9. The summed E-state index contributed by atoms with van der Waals surface area (Å²) in [6.07, 6.45) is 0. The highest BCUT2D eigenvalue weighted by Gasteiger charge is 2.15. The second-order valence-electron chi connectivity index (χ2n) is 3.28. The van der Waals surface area contributed by atoms with Gasteiger partial charge in [-0.1, -0.05) is 15.9 Å². The van der Waals surface area contributed by atoms with E-state index in [9.17, 15) is 4.39 Å². The van der Waals surface area contributed by atoms with Gasteiger partial charge in [-0.3, -0.25) is 0 Å². The van der Waals surface area contributed by atoms with Gasteiger partial charge in [-0.2, -0.15) is 0 Å². The van der Waals surface area contributed by atoms with E-state index in [1.807, 2.05) is 6.07 Å². The van der Waals surface area contributed by atoms with Crippen LogP contribution in [0.2, 0.25) is 0 Å². The van der Waals surface area contributed by atoms with Gasteiger partial charge in [-0.25, -0.2) is 4.39 Å². The Morgan fingerprint density at radius 1 is 1.43 bits per heavy atom. The van der Waals surface area contributed by atoms with Crippen molar-refractivity contribution in [3.05, 3.63) is 34.1 Å². The fourth-order valence-electron chi connectivity index (χ4n) is 1.56. The Morgan fingerprint density at radius 2 is 2.29 bits per heavy atom. The van der Waals surface area contributed by atoms with Crippen LogP contribution in [0, 0.1) is 5.82 Å². The molecule has 1 aromatic rings. The minimum atomic E-state index is -0.221. The second kappa shape index (κ2) is 4.38. The molecule has 1 aliphatic rings. The van der Waals surface area contributed by atoms with E-state index < -0.39 is 0 Å². The van der Waals surface area contributed by atoms with Crippen LogP contribution in [0.4, 0.5) is 4.39 Å². The van der Waals surface area contributed by atoms with Crippen LogP contribution < -0.4 is 5.32 Å². The Labute approximate surface area is 90.6 Å². The molecule has 0 aromatic heterocycles. The van der Waals surface area contributed by atoms with Crippen molar-refractivity contribution < 1.29 is 9.13 Å². The molecule has 1 heterocycles. The number of benzene rings is 1. The highest BCUT2D eigenvalue weighted by Crippen LogP contribution is 2.21. The predicted octanol–water partition coefficient (Wildman–Crippen LogP) is 2.25. The zero-order chi connectivity index (χ0) is 9.97. The first-order chi connectivity index (χ1) is 6.75. The lowest BCUT2D eigenvalue weighted by Gasteiger charge is -2.24. The summed E-state index contributed by atoms with van der Waals surface area (Å²) in [6.45, 7) is 2.15. The molecule has 1 aromatic carbocycles. The van der Waals surface area contributed by atoms with Gasteiger partial charge in [0, 0.05) is 11.0 Å². The number of hydrogen-bond acceptors (Lipinski definition) is 2. The summed E-state index contributed by atoms with van der Waals surface area (Å²) in [5.74, 6) is -0.221. The standard InChI is InChI=1S/C10H11BrFNO/c11-8-3-7(4-9(12)5-8)10-6-14-2-1-13-10/h3-5,10,13H,1-2,6H2/t10-/m1/s1. The zero-order valence-electron chi connectivity index (χ0n) is 7.59. The summed E-state index contributed by atoms with van der Waals surface area (Å²) in [4.78, 5) is 0. The van der Waals surface area contributed by atoms with E-state index in [1.54, 1.807) is 0 Å². The molecule has 0 spiro atoms. The van der Waals surface area contributed by atoms with E-state index in [0.29, 0.717) is 6.61 Å². The van der Waals surface area contributed by atoms with E-state index in [0.717, 1.165) is 23.2 Å². The van der Waals surface area contributed by atoms with Crippen molar-refractivity contribution in [1.82, 2.24) is 5.32 Å². The molecular formula is C10H11BrFNO. The molecule has 1 fully saturated rings. The van der Waals surface area contributed by atoms with Crippen molar-refractivity contribution in [2.45, 2.75) is 6.04 Å². The Bertz CT molecular complexity index is 306. The smallest absolute Gasteiger partial charge is 0.124 e. The number of rotatable bonds is 1. The Kier molecular flexibility index (Phi) is 3.15. The summed E-state index contributed by atoms with van der Waals surface area (Å²) in [7, 11) is 0. The number of morpholine rings is 1. The zero-order valence-corrected chi connectivity index (χ0v) is 9.18. The molecule has 0 bridgehead atoms. The van der Waals surface area contributed by atoms with E-state index in [4.69, 9.17) is 4.74 Å². The van der Waals surface area contributed by atoms with Gasteiger partial charge in [0.05, 0.1) is 19.3 Å². The third-order valence-electron chi connectivity index (χ3n) is 2.21. The van der Waals surface area contributed by atoms with Gasteiger partial charge in [0.15, 0.2) is 0 Å². The van der Waals surface area contributed by atoms with Gasteiger partial charge >= 0.3 is 0 Å². The summed E-state index contributed by atoms with van der Waals surface area (Å²) in [5.41, 5.74) is 0.927. The van der Waals surface area contributed by atoms with Crippen LogP contribution in [0.1, 0.15) is 11.6 Å². The Morgan fingerprint density at radius 3 is 2.93 bits per heavy atom. The summed E-state index contributed by atoms with van der Waals surface area (Å²) < 4.78 is 19.2. The third kappa shape index (κ3) is 2.32. The minimum Gasteiger partial charge on any atom is -0.378 e. The molecule has 1 N–H and O–H groups in total. The predicted molar refractivity (Wildman–Crippen MR) is 55.7 cm³/mol. The summed E-state index contributed by atoms with van der Waals surface area (Å²) in [5, 5.41) is 3.28. The average molecular weight is 260 g/mol. The van der Waals surface area contributed by atoms with Crippen molar-refractivity contribution >= 4 is 15.9 Å². The molecule has 2 nitrogen and oxygen atoms in total. The Balaban J connectivity index is 2.21. The molecule has 1 atom stereocenters. The molecule has 1 aliphatic heterocycles. The normalized spacial score (nSPS) is 22.3. The molecule has 0 amide bonds. The first-order valence-electron chi connectivity index (χ1n) is 4.53. The fourth-order valence-corrected chi connectivity index (χ4v) is 2.04. The summed E-state index contributed by atoms with van der Waals surface area (Å²) >= 11 is 3.27. The lowest BCUT2D eigenvalue weighted by Crippen LogP contribution is -2.34. The van der Waals surface area contributed by atoms with Crippen molar-refractivity contribution in [2.24, 2.45) is 0 Å². The third-order valence-corrected chi connectivity index (χ3v) is 2.67. The average Bonchev–Trinajstić information content (AvgIpc) is 2.18. The van der Waals surface area contributed by atoms with Crippen LogP contribution in [0.15, 0.2) is 22.7 Å². The van der Waals surface area contributed by atoms with Crippen LogP contribution in [0.3, 0.4) is 0 Å². The fraction of sp³-hybridized carbons (Fsp3) is 0.400. The molecule has 76 valence electrons. The van der Waals surface area contributed by atoms with Gasteiger partial charge in [-0.15, -0.1) is 0 Å². The molecule has 14 heavy (non-hydrogen) atoms. The molecule has 0 saturated carbocycles. The molecule has 0 radical (unpaired) electrons. The van der Waals surface area contributed by atoms with Crippen molar-refractivity contribution in [3.8, 4) is 0 Å². The van der Waals surface area contributed by atoms with Crippen LogP contribution in [0.25, 0.3) is 0 Å². The molecule has 0 aliphatic carbocycles. The molecule has 1 saturated heterocycles. The SMILES string of the molecule is Fc1cc(Br)cc([C@H]2COCCN2)c1. The largest absolute Gasteiger partial charge is 0.378 e. The lowest BCUT2D eigenvalue weighted by atomic mass is 10.1. The van der Waals surface area contributed by atoms with E-state index in [2.05, 4.69) is 21.2 Å². The molecule has 0 unspecified atom stereocenters. The maximum absolute atomic E-state index is 13.1. The van der Waals surface area contributed by atoms with Gasteiger partial charge in [-0.05, 0) is 23.8 Å². The highest BCUT2D eigenvalue weighted by molar-refractivity contribution is 9.10. The van der Waals surface area contributed by atoms with Crippen LogP contribution in [-0.4, -0.2) is 19.8 Å². The van der Waals surface area contributed by atoms with E-state index in [-0.39, 0.29) is 11.9 Å². The van der Waals surface area contributed by atoms with Crippen LogP contribution in [0.5, 0.6) is 0 Å². The van der Waals surface area contributed by atoms with Crippen LogP contribution >= 0.6 is 15.9 Å². The number of ether oxygens (including phenoxy) is 1. The van der Waals surface area contributed by atoms with E-state index in [1.165, 1.54) is 12.1 Å². The van der Waals surface area contributed by atoms with Gasteiger partial charge < -0.3 is 10.1 Å². The molecule has 2 rings (SSSR count). The number of halogens is 2. The quantitative estimate of drug-likeness (QED) is 0.836. The first-order valence-corrected chi connectivity index (χ1v) is 5.32. The topological polar surface area (TPSA) is 21.3 Å². The second-order valence-corrected chi connectivity index (χ2v) is 4.20. The van der Waals surface area contributed by atoms with Crippen molar-refractivity contribution in [3.63, 3.8) is 0 Å². The maximum atomic E-state index is 13.1. The first kappa shape index (κ1) is 10.1. The molecular weight excluding hydrogens is 249 g/mol. The minimum absolute atomic E-state index is 0.107. The molecule has 4 heteroatoms. The van der Waals surface area contributed by atoms with E-state index >= 15 is 0 Å². The number of hydrogen-bond donors (Lipinski definition) is 1. The maximum Gasteiger partial charge on any atom is 0.124 e.